The number of hydrogen-bond donors (Lipinski definition) is 0. The number of rotatable bonds is 5. The van der Waals surface area contributed by atoms with Gasteiger partial charge in [0.25, 0.3) is 5.91 Å². The van der Waals surface area contributed by atoms with E-state index in [2.05, 4.69) is 17.1 Å². The van der Waals surface area contributed by atoms with Crippen molar-refractivity contribution in [2.75, 3.05) is 6.54 Å². The molecule has 1 heterocycles. The monoisotopic (exact) mass is 450 g/mol. The number of amides is 1. The Balaban J connectivity index is 1.51. The first-order chi connectivity index (χ1) is 14.6. The molecule has 150 valence electrons. The van der Waals surface area contributed by atoms with E-state index in [0.717, 1.165) is 31.2 Å². The Labute approximate surface area is 189 Å². The topological polar surface area (TPSA) is 32.7 Å². The Morgan fingerprint density at radius 3 is 2.23 bits per heavy atom. The predicted octanol–water partition coefficient (Wildman–Crippen LogP) is 7.12. The number of aliphatic imine (C=N–C) groups is 1. The van der Waals surface area contributed by atoms with E-state index in [1.54, 1.807) is 16.7 Å². The molecule has 0 saturated carbocycles. The van der Waals surface area contributed by atoms with Gasteiger partial charge >= 0.3 is 0 Å². The van der Waals surface area contributed by atoms with Gasteiger partial charge in [-0.1, -0.05) is 53.7 Å². The second-order valence-electron chi connectivity index (χ2n) is 6.52. The molecule has 0 unspecified atom stereocenters. The molecule has 0 atom stereocenters. The molecule has 4 rings (SSSR count). The highest BCUT2D eigenvalue weighted by molar-refractivity contribution is 8.18. The molecule has 30 heavy (non-hydrogen) atoms. The molecule has 0 bridgehead atoms. The molecule has 1 amide bonds. The maximum absolute atomic E-state index is 12.8. The maximum Gasteiger partial charge on any atom is 0.266 e. The number of benzene rings is 3. The summed E-state index contributed by atoms with van der Waals surface area (Å²) in [6.45, 7) is 2.55. The molecular weight excluding hydrogens is 432 g/mol. The van der Waals surface area contributed by atoms with Crippen molar-refractivity contribution in [3.8, 4) is 0 Å². The highest BCUT2D eigenvalue weighted by atomic mass is 35.5. The lowest BCUT2D eigenvalue weighted by atomic mass is 10.2. The highest BCUT2D eigenvalue weighted by Crippen LogP contribution is 2.34. The van der Waals surface area contributed by atoms with Crippen LogP contribution in [0.25, 0.3) is 6.08 Å². The third-order valence-electron chi connectivity index (χ3n) is 4.41. The van der Waals surface area contributed by atoms with Crippen LogP contribution >= 0.6 is 35.1 Å². The van der Waals surface area contributed by atoms with Gasteiger partial charge in [-0.25, -0.2) is 4.99 Å². The molecule has 1 fully saturated rings. The Morgan fingerprint density at radius 1 is 0.967 bits per heavy atom. The van der Waals surface area contributed by atoms with Crippen molar-refractivity contribution in [1.82, 2.24) is 4.90 Å². The van der Waals surface area contributed by atoms with Crippen LogP contribution in [-0.4, -0.2) is 22.5 Å². The lowest BCUT2D eigenvalue weighted by Gasteiger charge is -2.11. The van der Waals surface area contributed by atoms with Crippen molar-refractivity contribution in [3.63, 3.8) is 0 Å². The number of carbonyl (C=O) groups excluding carboxylic acids is 1. The van der Waals surface area contributed by atoms with Crippen molar-refractivity contribution >= 4 is 58.0 Å². The Hall–Kier alpha value is -2.47. The fourth-order valence-electron chi connectivity index (χ4n) is 2.91. The Morgan fingerprint density at radius 2 is 1.60 bits per heavy atom. The van der Waals surface area contributed by atoms with Gasteiger partial charge in [0.1, 0.15) is 0 Å². The number of hydrogen-bond acceptors (Lipinski definition) is 4. The zero-order chi connectivity index (χ0) is 20.9. The molecule has 1 aliphatic rings. The van der Waals surface area contributed by atoms with Gasteiger partial charge < -0.3 is 0 Å². The van der Waals surface area contributed by atoms with Crippen LogP contribution in [0.2, 0.25) is 5.02 Å². The van der Waals surface area contributed by atoms with Crippen LogP contribution in [-0.2, 0) is 4.79 Å². The zero-order valence-electron chi connectivity index (χ0n) is 16.3. The number of likely N-dealkylation sites (N-methyl/N-ethyl adjacent to an activating group) is 1. The maximum atomic E-state index is 12.8. The molecule has 3 nitrogen and oxygen atoms in total. The van der Waals surface area contributed by atoms with Crippen LogP contribution in [0, 0.1) is 0 Å². The molecular formula is C24H19ClN2OS2. The molecule has 1 aliphatic heterocycles. The molecule has 0 spiro atoms. The molecule has 0 radical (unpaired) electrons. The molecule has 1 saturated heterocycles. The molecule has 3 aromatic rings. The standard InChI is InChI=1S/C24H19ClN2OS2/c1-2-27-23(28)22(30-24(27)26-19-6-4-3-5-7-19)16-17-8-12-20(13-9-17)29-21-14-10-18(25)11-15-21/h3-16H,2H2,1H3/b22-16-,26-24?. The minimum atomic E-state index is -0.00297. The van der Waals surface area contributed by atoms with Gasteiger partial charge in [-0.2, -0.15) is 0 Å². The second kappa shape index (κ2) is 9.56. The summed E-state index contributed by atoms with van der Waals surface area (Å²) >= 11 is 9.04. The average Bonchev–Trinajstić information content (AvgIpc) is 3.05. The summed E-state index contributed by atoms with van der Waals surface area (Å²) in [5.41, 5.74) is 1.83. The van der Waals surface area contributed by atoms with Crippen LogP contribution < -0.4 is 0 Å². The van der Waals surface area contributed by atoms with Gasteiger partial charge in [0, 0.05) is 21.4 Å². The van der Waals surface area contributed by atoms with Gasteiger partial charge in [-0.05, 0) is 78.9 Å². The first kappa shape index (κ1) is 20.8. The fourth-order valence-corrected chi connectivity index (χ4v) is 4.91. The van der Waals surface area contributed by atoms with Gasteiger partial charge in [-0.3, -0.25) is 9.69 Å². The van der Waals surface area contributed by atoms with E-state index in [-0.39, 0.29) is 5.91 Å². The number of halogens is 1. The average molecular weight is 451 g/mol. The molecule has 0 aromatic heterocycles. The van der Waals surface area contributed by atoms with Gasteiger partial charge in [-0.15, -0.1) is 0 Å². The molecule has 0 aliphatic carbocycles. The zero-order valence-corrected chi connectivity index (χ0v) is 18.7. The van der Waals surface area contributed by atoms with Crippen LogP contribution in [0.1, 0.15) is 12.5 Å². The van der Waals surface area contributed by atoms with E-state index in [9.17, 15) is 4.79 Å². The summed E-state index contributed by atoms with van der Waals surface area (Å²) in [5, 5.41) is 1.45. The second-order valence-corrected chi connectivity index (χ2v) is 9.11. The van der Waals surface area contributed by atoms with E-state index in [1.807, 2.05) is 79.7 Å². The number of amidine groups is 1. The van der Waals surface area contributed by atoms with Crippen molar-refractivity contribution in [2.45, 2.75) is 16.7 Å². The van der Waals surface area contributed by atoms with Crippen molar-refractivity contribution in [2.24, 2.45) is 4.99 Å². The van der Waals surface area contributed by atoms with Crippen LogP contribution in [0.5, 0.6) is 0 Å². The van der Waals surface area contributed by atoms with E-state index in [4.69, 9.17) is 11.6 Å². The van der Waals surface area contributed by atoms with E-state index >= 15 is 0 Å². The molecule has 3 aromatic carbocycles. The van der Waals surface area contributed by atoms with Crippen LogP contribution in [0.3, 0.4) is 0 Å². The van der Waals surface area contributed by atoms with Gasteiger partial charge in [0.2, 0.25) is 0 Å². The summed E-state index contributed by atoms with van der Waals surface area (Å²) in [7, 11) is 0. The van der Waals surface area contributed by atoms with Crippen LogP contribution in [0.15, 0.2) is 98.6 Å². The minimum absolute atomic E-state index is 0.00297. The third-order valence-corrected chi connectivity index (χ3v) is 6.69. The largest absolute Gasteiger partial charge is 0.287 e. The van der Waals surface area contributed by atoms with Gasteiger partial charge in [0.05, 0.1) is 10.6 Å². The van der Waals surface area contributed by atoms with E-state index in [0.29, 0.717) is 11.4 Å². The predicted molar refractivity (Wildman–Crippen MR) is 129 cm³/mol. The minimum Gasteiger partial charge on any atom is -0.287 e. The Kier molecular flexibility index (Phi) is 6.62. The Bertz CT molecular complexity index is 1090. The van der Waals surface area contributed by atoms with Crippen molar-refractivity contribution in [3.05, 3.63) is 94.4 Å². The number of thioether (sulfide) groups is 1. The highest BCUT2D eigenvalue weighted by Gasteiger charge is 2.32. The lowest BCUT2D eigenvalue weighted by molar-refractivity contribution is -0.122. The van der Waals surface area contributed by atoms with Crippen LogP contribution in [0.4, 0.5) is 5.69 Å². The normalized spacial score (nSPS) is 16.6. The first-order valence-electron chi connectivity index (χ1n) is 9.51. The van der Waals surface area contributed by atoms with Crippen molar-refractivity contribution < 1.29 is 4.79 Å². The lowest BCUT2D eigenvalue weighted by Crippen LogP contribution is -2.28. The smallest absolute Gasteiger partial charge is 0.266 e. The number of nitrogens with zero attached hydrogens (tertiary/aromatic N) is 2. The summed E-state index contributed by atoms with van der Waals surface area (Å²) in [6, 6.07) is 25.7. The SMILES string of the molecule is CCN1C(=O)/C(=C/c2ccc(Sc3ccc(Cl)cc3)cc2)SC1=Nc1ccccc1. The molecule has 0 N–H and O–H groups in total. The first-order valence-corrected chi connectivity index (χ1v) is 11.5. The van der Waals surface area contributed by atoms with Gasteiger partial charge in [0.15, 0.2) is 5.17 Å². The quantitative estimate of drug-likeness (QED) is 0.388. The third kappa shape index (κ3) is 4.98. The summed E-state index contributed by atoms with van der Waals surface area (Å²) in [6.07, 6.45) is 1.93. The summed E-state index contributed by atoms with van der Waals surface area (Å²) in [4.78, 5) is 22.1. The summed E-state index contributed by atoms with van der Waals surface area (Å²) < 4.78 is 0. The summed E-state index contributed by atoms with van der Waals surface area (Å²) in [5.74, 6) is -0.00297. The fraction of sp³-hybridized carbons (Fsp3) is 0.0833. The molecule has 6 heteroatoms. The number of para-hydroxylation sites is 1. The van der Waals surface area contributed by atoms with E-state index in [1.165, 1.54) is 11.8 Å². The van der Waals surface area contributed by atoms with E-state index < -0.39 is 0 Å². The van der Waals surface area contributed by atoms with Crippen molar-refractivity contribution in [1.29, 1.82) is 0 Å². The number of carbonyl (C=O) groups is 1.